The molecule has 0 heterocycles. The number of carbonyl (C=O) groups excluding carboxylic acids is 2. The van der Waals surface area contributed by atoms with Crippen molar-refractivity contribution < 1.29 is 33.3 Å². The summed E-state index contributed by atoms with van der Waals surface area (Å²) < 4.78 is 26.1. The Kier molecular flexibility index (Phi) is 9.15. The molecule has 0 radical (unpaired) electrons. The number of hydrazone groups is 1. The number of nitrogens with zero attached hydrogens (tertiary/aromatic N) is 1. The van der Waals surface area contributed by atoms with Gasteiger partial charge >= 0.3 is 0 Å². The van der Waals surface area contributed by atoms with Gasteiger partial charge in [-0.05, 0) is 35.9 Å². The second-order valence-electron chi connectivity index (χ2n) is 6.33. The van der Waals surface area contributed by atoms with Crippen molar-refractivity contribution in [3.8, 4) is 28.7 Å². The molecule has 0 aromatic heterocycles. The van der Waals surface area contributed by atoms with Crippen molar-refractivity contribution in [2.75, 3.05) is 42.1 Å². The van der Waals surface area contributed by atoms with Crippen LogP contribution in [0.15, 0.2) is 35.4 Å². The molecule has 2 amide bonds. The molecule has 2 aromatic rings. The highest BCUT2D eigenvalue weighted by molar-refractivity contribution is 5.96. The number of benzene rings is 2. The fraction of sp³-hybridized carbons (Fsp3) is 0.318. The molecular weight excluding hydrogens is 418 g/mol. The maximum Gasteiger partial charge on any atom is 0.251 e. The van der Waals surface area contributed by atoms with Crippen LogP contribution in [0.3, 0.4) is 0 Å². The molecule has 0 aliphatic rings. The standard InChI is InChI=1S/C22H27N3O7/c1-28-16-7-6-14(10-17(16)29-2)13-24-25-20(26)8-9-23-22(27)15-11-18(30-3)21(32-5)19(12-15)31-4/h6-7,10-13H,8-9H2,1-5H3,(H,23,27)(H,25,26)/b24-13+. The molecule has 0 aliphatic carbocycles. The van der Waals surface area contributed by atoms with Gasteiger partial charge in [0.15, 0.2) is 23.0 Å². The molecule has 32 heavy (non-hydrogen) atoms. The second-order valence-corrected chi connectivity index (χ2v) is 6.33. The SMILES string of the molecule is COc1ccc(/C=N/NC(=O)CCNC(=O)c2cc(OC)c(OC)c(OC)c2)cc1OC. The largest absolute Gasteiger partial charge is 0.493 e. The number of hydrogen-bond acceptors (Lipinski definition) is 8. The van der Waals surface area contributed by atoms with Gasteiger partial charge in [-0.1, -0.05) is 0 Å². The number of carbonyl (C=O) groups is 2. The van der Waals surface area contributed by atoms with Crippen LogP contribution in [-0.2, 0) is 4.79 Å². The summed E-state index contributed by atoms with van der Waals surface area (Å²) in [5.74, 6) is 1.52. The highest BCUT2D eigenvalue weighted by Gasteiger charge is 2.17. The van der Waals surface area contributed by atoms with E-state index in [-0.39, 0.29) is 24.8 Å². The third-order valence-corrected chi connectivity index (χ3v) is 4.38. The molecule has 2 N–H and O–H groups in total. The summed E-state index contributed by atoms with van der Waals surface area (Å²) in [5.41, 5.74) is 3.45. The lowest BCUT2D eigenvalue weighted by Crippen LogP contribution is -2.29. The minimum absolute atomic E-state index is 0.0411. The second kappa shape index (κ2) is 12.0. The molecule has 10 heteroatoms. The first-order valence-corrected chi connectivity index (χ1v) is 9.59. The number of methoxy groups -OCH3 is 5. The molecule has 0 saturated carbocycles. The number of hydrogen-bond donors (Lipinski definition) is 2. The maximum absolute atomic E-state index is 12.4. The Bertz CT molecular complexity index is 951. The van der Waals surface area contributed by atoms with Crippen molar-refractivity contribution in [1.29, 1.82) is 0 Å². The highest BCUT2D eigenvalue weighted by Crippen LogP contribution is 2.38. The topological polar surface area (TPSA) is 117 Å². The molecule has 0 bridgehead atoms. The molecule has 0 unspecified atom stereocenters. The van der Waals surface area contributed by atoms with Crippen molar-refractivity contribution >= 4 is 18.0 Å². The number of rotatable bonds is 11. The molecule has 172 valence electrons. The van der Waals surface area contributed by atoms with E-state index in [2.05, 4.69) is 15.8 Å². The first kappa shape index (κ1) is 24.3. The van der Waals surface area contributed by atoms with Gasteiger partial charge in [0.1, 0.15) is 0 Å². The van der Waals surface area contributed by atoms with E-state index in [0.717, 1.165) is 5.56 Å². The molecular formula is C22H27N3O7. The Labute approximate surface area is 186 Å². The van der Waals surface area contributed by atoms with Crippen LogP contribution in [0.1, 0.15) is 22.3 Å². The molecule has 2 aromatic carbocycles. The first-order valence-electron chi connectivity index (χ1n) is 9.59. The van der Waals surface area contributed by atoms with Crippen LogP contribution in [0.5, 0.6) is 28.7 Å². The first-order chi connectivity index (χ1) is 15.5. The van der Waals surface area contributed by atoms with Crippen LogP contribution in [0.4, 0.5) is 0 Å². The van der Waals surface area contributed by atoms with E-state index in [0.29, 0.717) is 34.3 Å². The Hall–Kier alpha value is -3.95. The van der Waals surface area contributed by atoms with E-state index >= 15 is 0 Å². The fourth-order valence-corrected chi connectivity index (χ4v) is 2.77. The normalized spacial score (nSPS) is 10.4. The van der Waals surface area contributed by atoms with Gasteiger partial charge in [-0.2, -0.15) is 5.10 Å². The van der Waals surface area contributed by atoms with E-state index in [1.165, 1.54) is 46.8 Å². The Morgan fingerprint density at radius 2 is 1.47 bits per heavy atom. The molecule has 0 saturated heterocycles. The van der Waals surface area contributed by atoms with Crippen molar-refractivity contribution in [2.24, 2.45) is 5.10 Å². The van der Waals surface area contributed by atoms with E-state index < -0.39 is 0 Å². The van der Waals surface area contributed by atoms with Crippen LogP contribution >= 0.6 is 0 Å². The van der Waals surface area contributed by atoms with Gasteiger partial charge in [-0.25, -0.2) is 5.43 Å². The summed E-state index contributed by atoms with van der Waals surface area (Å²) in [4.78, 5) is 24.4. The number of amides is 2. The summed E-state index contributed by atoms with van der Waals surface area (Å²) >= 11 is 0. The van der Waals surface area contributed by atoms with Gasteiger partial charge in [0.2, 0.25) is 11.7 Å². The van der Waals surface area contributed by atoms with Crippen LogP contribution in [0.2, 0.25) is 0 Å². The van der Waals surface area contributed by atoms with Crippen LogP contribution < -0.4 is 34.4 Å². The molecule has 10 nitrogen and oxygen atoms in total. The predicted molar refractivity (Wildman–Crippen MR) is 118 cm³/mol. The van der Waals surface area contributed by atoms with Crippen LogP contribution in [0, 0.1) is 0 Å². The van der Waals surface area contributed by atoms with Crippen LogP contribution in [0.25, 0.3) is 0 Å². The van der Waals surface area contributed by atoms with Gasteiger partial charge < -0.3 is 29.0 Å². The third-order valence-electron chi connectivity index (χ3n) is 4.38. The lowest BCUT2D eigenvalue weighted by Gasteiger charge is -2.14. The van der Waals surface area contributed by atoms with Gasteiger partial charge in [-0.15, -0.1) is 0 Å². The molecule has 0 fully saturated rings. The lowest BCUT2D eigenvalue weighted by atomic mass is 10.1. The number of nitrogens with one attached hydrogen (secondary N) is 2. The van der Waals surface area contributed by atoms with E-state index in [4.69, 9.17) is 23.7 Å². The zero-order valence-electron chi connectivity index (χ0n) is 18.7. The van der Waals surface area contributed by atoms with Crippen LogP contribution in [-0.4, -0.2) is 60.1 Å². The maximum atomic E-state index is 12.4. The van der Waals surface area contributed by atoms with E-state index in [1.54, 1.807) is 25.3 Å². The minimum atomic E-state index is -0.383. The Morgan fingerprint density at radius 3 is 2.03 bits per heavy atom. The smallest absolute Gasteiger partial charge is 0.251 e. The van der Waals surface area contributed by atoms with E-state index in [9.17, 15) is 9.59 Å². The fourth-order valence-electron chi connectivity index (χ4n) is 2.77. The highest BCUT2D eigenvalue weighted by atomic mass is 16.5. The minimum Gasteiger partial charge on any atom is -0.493 e. The third kappa shape index (κ3) is 6.27. The monoisotopic (exact) mass is 445 g/mol. The van der Waals surface area contributed by atoms with Crippen molar-refractivity contribution in [3.63, 3.8) is 0 Å². The van der Waals surface area contributed by atoms with Crippen molar-refractivity contribution in [1.82, 2.24) is 10.7 Å². The van der Waals surface area contributed by atoms with Gasteiger partial charge in [0.25, 0.3) is 5.91 Å². The zero-order chi connectivity index (χ0) is 23.5. The predicted octanol–water partition coefficient (Wildman–Crippen LogP) is 2.00. The quantitative estimate of drug-likeness (QED) is 0.401. The Balaban J connectivity index is 1.88. The average Bonchev–Trinajstić information content (AvgIpc) is 2.82. The molecule has 0 spiro atoms. The summed E-state index contributed by atoms with van der Waals surface area (Å²) in [6, 6.07) is 8.30. The van der Waals surface area contributed by atoms with Gasteiger partial charge in [0, 0.05) is 18.5 Å². The molecule has 2 rings (SSSR count). The average molecular weight is 445 g/mol. The lowest BCUT2D eigenvalue weighted by molar-refractivity contribution is -0.120. The zero-order valence-corrected chi connectivity index (χ0v) is 18.7. The van der Waals surface area contributed by atoms with Gasteiger partial charge in [0.05, 0.1) is 41.8 Å². The summed E-state index contributed by atoms with van der Waals surface area (Å²) in [7, 11) is 7.49. The van der Waals surface area contributed by atoms with Crippen molar-refractivity contribution in [2.45, 2.75) is 6.42 Å². The number of ether oxygens (including phenoxy) is 5. The van der Waals surface area contributed by atoms with Crippen molar-refractivity contribution in [3.05, 3.63) is 41.5 Å². The summed E-state index contributed by atoms with van der Waals surface area (Å²) in [6.45, 7) is 0.118. The summed E-state index contributed by atoms with van der Waals surface area (Å²) in [6.07, 6.45) is 1.52. The van der Waals surface area contributed by atoms with Gasteiger partial charge in [-0.3, -0.25) is 9.59 Å². The molecule has 0 atom stereocenters. The molecule has 0 aliphatic heterocycles. The summed E-state index contributed by atoms with van der Waals surface area (Å²) in [5, 5.41) is 6.58. The Morgan fingerprint density at radius 1 is 0.844 bits per heavy atom. The van der Waals surface area contributed by atoms with E-state index in [1.807, 2.05) is 0 Å².